The van der Waals surface area contributed by atoms with Gasteiger partial charge in [0.25, 0.3) is 0 Å². The molecule has 0 atom stereocenters. The van der Waals surface area contributed by atoms with Crippen molar-refractivity contribution in [3.63, 3.8) is 0 Å². The molecule has 1 aromatic rings. The fourth-order valence-corrected chi connectivity index (χ4v) is 3.58. The zero-order valence-corrected chi connectivity index (χ0v) is 13.1. The Balaban J connectivity index is 3.37. The zero-order chi connectivity index (χ0) is 15.7. The Hall–Kier alpha value is -1.31. The van der Waals surface area contributed by atoms with Crippen LogP contribution in [0, 0.1) is 6.92 Å². The van der Waals surface area contributed by atoms with E-state index in [1.54, 1.807) is 20.8 Å². The van der Waals surface area contributed by atoms with Crippen molar-refractivity contribution in [3.05, 3.63) is 22.7 Å². The first kappa shape index (κ1) is 16.7. The van der Waals surface area contributed by atoms with E-state index in [9.17, 15) is 13.2 Å². The van der Waals surface area contributed by atoms with E-state index in [0.29, 0.717) is 10.6 Å². The Morgan fingerprint density at radius 1 is 1.40 bits per heavy atom. The summed E-state index contributed by atoms with van der Waals surface area (Å²) in [6.07, 6.45) is 0. The second kappa shape index (κ2) is 5.99. The van der Waals surface area contributed by atoms with Crippen molar-refractivity contribution in [2.75, 3.05) is 12.3 Å². The van der Waals surface area contributed by atoms with E-state index < -0.39 is 22.0 Å². The molecule has 0 aromatic heterocycles. The van der Waals surface area contributed by atoms with E-state index in [1.165, 1.54) is 12.1 Å². The van der Waals surface area contributed by atoms with Gasteiger partial charge < -0.3 is 11.5 Å². The Morgan fingerprint density at radius 3 is 2.35 bits per heavy atom. The number of nitrogen functional groups attached to an aromatic ring is 1. The average molecular weight is 320 g/mol. The molecule has 0 spiro atoms. The van der Waals surface area contributed by atoms with Crippen LogP contribution in [0.15, 0.2) is 17.0 Å². The van der Waals surface area contributed by atoms with E-state index >= 15 is 0 Å². The van der Waals surface area contributed by atoms with Gasteiger partial charge >= 0.3 is 0 Å². The standard InChI is InChI=1S/C12H18ClN3O3S/c1-7(2)16(6-11(15)17)20(18,19)9-4-8(3)12(13)10(14)5-9/h4-5,7H,6,14H2,1-3H3,(H2,15,17). The average Bonchev–Trinajstić information content (AvgIpc) is 2.31. The molecule has 0 bridgehead atoms. The van der Waals surface area contributed by atoms with Gasteiger partial charge in [-0.3, -0.25) is 4.79 Å². The quantitative estimate of drug-likeness (QED) is 0.793. The van der Waals surface area contributed by atoms with Crippen LogP contribution in [0.1, 0.15) is 19.4 Å². The highest BCUT2D eigenvalue weighted by molar-refractivity contribution is 7.89. The molecule has 0 fully saturated rings. The number of primary amides is 1. The van der Waals surface area contributed by atoms with Crippen LogP contribution in [0.4, 0.5) is 5.69 Å². The first-order valence-corrected chi connectivity index (χ1v) is 7.75. The third-order valence-electron chi connectivity index (χ3n) is 2.75. The maximum atomic E-state index is 12.5. The zero-order valence-electron chi connectivity index (χ0n) is 11.6. The third-order valence-corrected chi connectivity index (χ3v) is 5.27. The first-order chi connectivity index (χ1) is 9.07. The smallest absolute Gasteiger partial charge is 0.243 e. The Labute approximate surface area is 123 Å². The van der Waals surface area contributed by atoms with Crippen molar-refractivity contribution in [2.45, 2.75) is 31.7 Å². The first-order valence-electron chi connectivity index (χ1n) is 5.93. The summed E-state index contributed by atoms with van der Waals surface area (Å²) in [6, 6.07) is 2.29. The summed E-state index contributed by atoms with van der Waals surface area (Å²) in [5.41, 5.74) is 11.5. The van der Waals surface area contributed by atoms with E-state index in [4.69, 9.17) is 23.1 Å². The van der Waals surface area contributed by atoms with Crippen LogP contribution in [0.25, 0.3) is 0 Å². The lowest BCUT2D eigenvalue weighted by Gasteiger charge is -2.25. The number of nitrogens with two attached hydrogens (primary N) is 2. The molecule has 1 aromatic carbocycles. The van der Waals surface area contributed by atoms with Crippen molar-refractivity contribution in [1.29, 1.82) is 0 Å². The molecular formula is C12H18ClN3O3S. The molecule has 0 heterocycles. The monoisotopic (exact) mass is 319 g/mol. The molecule has 112 valence electrons. The molecule has 6 nitrogen and oxygen atoms in total. The van der Waals surface area contributed by atoms with Gasteiger partial charge in [0.1, 0.15) is 0 Å². The summed E-state index contributed by atoms with van der Waals surface area (Å²) in [5.74, 6) is -0.721. The number of benzene rings is 1. The van der Waals surface area contributed by atoms with Gasteiger partial charge in [-0.25, -0.2) is 8.42 Å². The molecule has 4 N–H and O–H groups in total. The normalized spacial score (nSPS) is 12.1. The fraction of sp³-hybridized carbons (Fsp3) is 0.417. The van der Waals surface area contributed by atoms with Crippen molar-refractivity contribution in [1.82, 2.24) is 4.31 Å². The molecule has 0 saturated carbocycles. The molecule has 0 unspecified atom stereocenters. The number of hydrogen-bond donors (Lipinski definition) is 2. The van der Waals surface area contributed by atoms with Gasteiger partial charge in [-0.15, -0.1) is 0 Å². The third kappa shape index (κ3) is 3.41. The minimum atomic E-state index is -3.86. The topological polar surface area (TPSA) is 106 Å². The molecule has 0 saturated heterocycles. The molecule has 8 heteroatoms. The lowest BCUT2D eigenvalue weighted by molar-refractivity contribution is -0.118. The summed E-state index contributed by atoms with van der Waals surface area (Å²) < 4.78 is 26.1. The van der Waals surface area contributed by atoms with Gasteiger partial charge in [-0.2, -0.15) is 4.31 Å². The van der Waals surface area contributed by atoms with E-state index in [2.05, 4.69) is 0 Å². The van der Waals surface area contributed by atoms with E-state index in [0.717, 1.165) is 4.31 Å². The number of hydrogen-bond acceptors (Lipinski definition) is 4. The lowest BCUT2D eigenvalue weighted by Crippen LogP contribution is -2.42. The molecule has 0 aliphatic heterocycles. The van der Waals surface area contributed by atoms with Gasteiger partial charge in [-0.05, 0) is 38.5 Å². The molecular weight excluding hydrogens is 302 g/mol. The van der Waals surface area contributed by atoms with Crippen molar-refractivity contribution < 1.29 is 13.2 Å². The minimum Gasteiger partial charge on any atom is -0.397 e. The van der Waals surface area contributed by atoms with Crippen LogP contribution in [0.2, 0.25) is 5.02 Å². The van der Waals surface area contributed by atoms with Crippen LogP contribution in [0.3, 0.4) is 0 Å². The van der Waals surface area contributed by atoms with Crippen LogP contribution in [0.5, 0.6) is 0 Å². The fourth-order valence-electron chi connectivity index (χ4n) is 1.75. The molecule has 0 aliphatic rings. The maximum absolute atomic E-state index is 12.5. The van der Waals surface area contributed by atoms with Crippen LogP contribution >= 0.6 is 11.6 Å². The van der Waals surface area contributed by atoms with Crippen molar-refractivity contribution in [2.24, 2.45) is 5.73 Å². The number of nitrogens with zero attached hydrogens (tertiary/aromatic N) is 1. The number of sulfonamides is 1. The van der Waals surface area contributed by atoms with Gasteiger partial charge in [0.05, 0.1) is 22.2 Å². The molecule has 0 radical (unpaired) electrons. The van der Waals surface area contributed by atoms with Gasteiger partial charge in [0.15, 0.2) is 0 Å². The Kier molecular flexibility index (Phi) is 5.01. The summed E-state index contributed by atoms with van der Waals surface area (Å²) in [7, 11) is -3.86. The Bertz CT molecular complexity index is 606. The maximum Gasteiger partial charge on any atom is 0.243 e. The lowest BCUT2D eigenvalue weighted by atomic mass is 10.2. The molecule has 20 heavy (non-hydrogen) atoms. The number of carbonyl (C=O) groups is 1. The number of anilines is 1. The highest BCUT2D eigenvalue weighted by atomic mass is 35.5. The number of amides is 1. The number of rotatable bonds is 5. The van der Waals surface area contributed by atoms with E-state index in [-0.39, 0.29) is 17.1 Å². The van der Waals surface area contributed by atoms with Crippen LogP contribution in [-0.4, -0.2) is 31.2 Å². The summed E-state index contributed by atoms with van der Waals surface area (Å²) in [4.78, 5) is 11.0. The summed E-state index contributed by atoms with van der Waals surface area (Å²) >= 11 is 5.92. The van der Waals surface area contributed by atoms with E-state index in [1.807, 2.05) is 0 Å². The predicted octanol–water partition coefficient (Wildman–Crippen LogP) is 1.12. The van der Waals surface area contributed by atoms with Crippen molar-refractivity contribution >= 4 is 33.2 Å². The highest BCUT2D eigenvalue weighted by Crippen LogP contribution is 2.28. The highest BCUT2D eigenvalue weighted by Gasteiger charge is 2.29. The summed E-state index contributed by atoms with van der Waals surface area (Å²) in [5, 5.41) is 0.315. The number of halogens is 1. The predicted molar refractivity (Wildman–Crippen MR) is 78.8 cm³/mol. The summed E-state index contributed by atoms with van der Waals surface area (Å²) in [6.45, 7) is 4.59. The number of carbonyl (C=O) groups excluding carboxylic acids is 1. The second-order valence-corrected chi connectivity index (χ2v) is 7.02. The van der Waals surface area contributed by atoms with Gasteiger partial charge in [0.2, 0.25) is 15.9 Å². The van der Waals surface area contributed by atoms with Gasteiger partial charge in [0, 0.05) is 6.04 Å². The van der Waals surface area contributed by atoms with Crippen molar-refractivity contribution in [3.8, 4) is 0 Å². The van der Waals surface area contributed by atoms with Crippen LogP contribution in [-0.2, 0) is 14.8 Å². The van der Waals surface area contributed by atoms with Gasteiger partial charge in [-0.1, -0.05) is 11.6 Å². The minimum absolute atomic E-state index is 0.00755. The molecule has 1 rings (SSSR count). The number of aryl methyl sites for hydroxylation is 1. The molecule has 0 aliphatic carbocycles. The largest absolute Gasteiger partial charge is 0.397 e. The molecule has 1 amide bonds. The second-order valence-electron chi connectivity index (χ2n) is 4.75. The SMILES string of the molecule is Cc1cc(S(=O)(=O)N(CC(N)=O)C(C)C)cc(N)c1Cl. The Morgan fingerprint density at radius 2 is 1.95 bits per heavy atom. The van der Waals surface area contributed by atoms with Crippen LogP contribution < -0.4 is 11.5 Å².